The topological polar surface area (TPSA) is 115 Å². The van der Waals surface area contributed by atoms with Gasteiger partial charge in [-0.25, -0.2) is 4.98 Å². The Morgan fingerprint density at radius 1 is 1.27 bits per heavy atom. The first-order valence-corrected chi connectivity index (χ1v) is 11.3. The van der Waals surface area contributed by atoms with E-state index in [2.05, 4.69) is 32.7 Å². The molecular weight excluding hydrogens is 463 g/mol. The van der Waals surface area contributed by atoms with Crippen LogP contribution in [-0.4, -0.2) is 46.3 Å². The van der Waals surface area contributed by atoms with Crippen LogP contribution in [-0.2, 0) is 13.1 Å². The van der Waals surface area contributed by atoms with Gasteiger partial charge >= 0.3 is 0 Å². The van der Waals surface area contributed by atoms with Gasteiger partial charge in [0.1, 0.15) is 33.0 Å². The maximum absolute atomic E-state index is 13.6. The fourth-order valence-corrected chi connectivity index (χ4v) is 4.34. The summed E-state index contributed by atoms with van der Waals surface area (Å²) in [5.41, 5.74) is 1.22. The Kier molecular flexibility index (Phi) is 7.05. The highest BCUT2D eigenvalue weighted by molar-refractivity contribution is 6.55. The number of allylic oxidation sites excluding steroid dienone is 3. The Morgan fingerprint density at radius 3 is 2.88 bits per heavy atom. The summed E-state index contributed by atoms with van der Waals surface area (Å²) in [6, 6.07) is 4.06. The van der Waals surface area contributed by atoms with E-state index < -0.39 is 0 Å². The van der Waals surface area contributed by atoms with Crippen molar-refractivity contribution in [2.24, 2.45) is 0 Å². The zero-order chi connectivity index (χ0) is 23.4. The summed E-state index contributed by atoms with van der Waals surface area (Å²) in [4.78, 5) is 20.2. The van der Waals surface area contributed by atoms with Crippen LogP contribution in [0, 0.1) is 22.7 Å². The van der Waals surface area contributed by atoms with Crippen LogP contribution in [0.2, 0.25) is 0 Å². The number of hydrogen-bond donors (Lipinski definition) is 2. The summed E-state index contributed by atoms with van der Waals surface area (Å²) in [6.45, 7) is 3.50. The van der Waals surface area contributed by atoms with E-state index in [1.165, 1.54) is 10.9 Å². The molecule has 4 rings (SSSR count). The van der Waals surface area contributed by atoms with Crippen LogP contribution in [0.25, 0.3) is 11.0 Å². The predicted octanol–water partition coefficient (Wildman–Crippen LogP) is 2.12. The van der Waals surface area contributed by atoms with Crippen LogP contribution in [0.15, 0.2) is 45.6 Å². The summed E-state index contributed by atoms with van der Waals surface area (Å²) >= 11 is 11.8. The van der Waals surface area contributed by atoms with E-state index in [1.54, 1.807) is 29.0 Å². The lowest BCUT2D eigenvalue weighted by Crippen LogP contribution is -2.36. The molecule has 1 unspecified atom stereocenters. The lowest BCUT2D eigenvalue weighted by atomic mass is 10.1. The van der Waals surface area contributed by atoms with E-state index in [1.807, 2.05) is 0 Å². The highest BCUT2D eigenvalue weighted by Gasteiger charge is 2.27. The molecule has 0 bridgehead atoms. The highest BCUT2D eigenvalue weighted by atomic mass is 35.5. The zero-order valence-electron chi connectivity index (χ0n) is 17.8. The van der Waals surface area contributed by atoms with Gasteiger partial charge in [0.2, 0.25) is 0 Å². The number of fused-ring (bicyclic) bond motifs is 1. The molecule has 4 heterocycles. The van der Waals surface area contributed by atoms with E-state index in [9.17, 15) is 15.3 Å². The maximum Gasteiger partial charge on any atom is 0.278 e. The molecule has 0 amide bonds. The van der Waals surface area contributed by atoms with Crippen LogP contribution >= 0.6 is 23.2 Å². The molecule has 0 aromatic carbocycles. The zero-order valence-corrected chi connectivity index (χ0v) is 19.3. The van der Waals surface area contributed by atoms with Crippen LogP contribution in [0.1, 0.15) is 12.0 Å². The third-order valence-electron chi connectivity index (χ3n) is 5.73. The lowest BCUT2D eigenvalue weighted by molar-refractivity contribution is 0.539. The second-order valence-electron chi connectivity index (χ2n) is 7.72. The smallest absolute Gasteiger partial charge is 0.278 e. The van der Waals surface area contributed by atoms with Gasteiger partial charge in [0.15, 0.2) is 0 Å². The normalized spacial score (nSPS) is 18.1. The van der Waals surface area contributed by atoms with Crippen molar-refractivity contribution in [3.05, 3.63) is 56.7 Å². The molecule has 33 heavy (non-hydrogen) atoms. The van der Waals surface area contributed by atoms with Crippen LogP contribution < -0.4 is 21.1 Å². The highest BCUT2D eigenvalue weighted by Crippen LogP contribution is 2.30. The van der Waals surface area contributed by atoms with E-state index >= 15 is 0 Å². The van der Waals surface area contributed by atoms with Gasteiger partial charge in [0.25, 0.3) is 5.56 Å². The molecule has 170 valence electrons. The minimum Gasteiger partial charge on any atom is -0.382 e. The van der Waals surface area contributed by atoms with E-state index in [0.717, 1.165) is 26.1 Å². The Morgan fingerprint density at radius 2 is 2.12 bits per heavy atom. The first-order chi connectivity index (χ1) is 16.0. The molecule has 2 aromatic rings. The summed E-state index contributed by atoms with van der Waals surface area (Å²) < 4.78 is 3.30. The molecule has 1 fully saturated rings. The number of nitrogens with zero attached hydrogens (tertiary/aromatic N) is 6. The van der Waals surface area contributed by atoms with Gasteiger partial charge in [0, 0.05) is 26.2 Å². The summed E-state index contributed by atoms with van der Waals surface area (Å²) in [5.74, 6) is 0.640. The molecule has 2 aromatic heterocycles. The van der Waals surface area contributed by atoms with Crippen molar-refractivity contribution in [2.45, 2.75) is 25.6 Å². The molecule has 2 N–H and O–H groups in total. The second-order valence-corrected chi connectivity index (χ2v) is 8.72. The largest absolute Gasteiger partial charge is 0.382 e. The Hall–Kier alpha value is -3.24. The van der Waals surface area contributed by atoms with Gasteiger partial charge in [-0.05, 0) is 37.4 Å². The quantitative estimate of drug-likeness (QED) is 0.667. The van der Waals surface area contributed by atoms with Crippen LogP contribution in [0.3, 0.4) is 0 Å². The van der Waals surface area contributed by atoms with Gasteiger partial charge in [-0.3, -0.25) is 9.36 Å². The van der Waals surface area contributed by atoms with Crippen molar-refractivity contribution in [1.29, 1.82) is 10.5 Å². The fraction of sp³-hybridized carbons (Fsp3) is 0.364. The summed E-state index contributed by atoms with van der Waals surface area (Å²) in [7, 11) is 0. The lowest BCUT2D eigenvalue weighted by Gasteiger charge is -2.24. The van der Waals surface area contributed by atoms with E-state index in [4.69, 9.17) is 23.2 Å². The average molecular weight is 485 g/mol. The summed E-state index contributed by atoms with van der Waals surface area (Å²) in [5, 5.41) is 25.9. The predicted molar refractivity (Wildman–Crippen MR) is 128 cm³/mol. The number of anilines is 1. The van der Waals surface area contributed by atoms with E-state index in [0.29, 0.717) is 34.5 Å². The number of nitriles is 2. The maximum atomic E-state index is 13.6. The number of aromatic nitrogens is 3. The molecule has 0 spiro atoms. The fourth-order valence-electron chi connectivity index (χ4n) is 4.20. The SMILES string of the molecule is N#CC1=CC=CNC1Cn1cnc2c(C#N)c(N3CCCNCC3)n(CC=C(Cl)Cl)c2c1=O. The standard InChI is InChI=1S/C22H22Cl2N8O/c23-18(24)4-9-32-20-19(16(12-26)21(32)30-8-2-5-27-7-10-30)29-14-31(22(20)33)13-17-15(11-25)3-1-6-28-17/h1,3-4,6,14,17,27-28H,2,5,7-10,13H2. The van der Waals surface area contributed by atoms with E-state index in [-0.39, 0.29) is 29.2 Å². The second kappa shape index (κ2) is 10.1. The van der Waals surface area contributed by atoms with Crippen molar-refractivity contribution >= 4 is 40.1 Å². The Bertz CT molecular complexity index is 1280. The average Bonchev–Trinajstić information content (AvgIpc) is 2.94. The molecule has 1 atom stereocenters. The van der Waals surface area contributed by atoms with Gasteiger partial charge in [-0.1, -0.05) is 23.2 Å². The molecule has 0 saturated carbocycles. The van der Waals surface area contributed by atoms with Crippen molar-refractivity contribution in [1.82, 2.24) is 24.8 Å². The van der Waals surface area contributed by atoms with Crippen molar-refractivity contribution in [2.75, 3.05) is 31.1 Å². The van der Waals surface area contributed by atoms with Crippen molar-refractivity contribution < 1.29 is 0 Å². The van der Waals surface area contributed by atoms with Gasteiger partial charge in [-0.2, -0.15) is 10.5 Å². The van der Waals surface area contributed by atoms with Gasteiger partial charge in [0.05, 0.1) is 30.6 Å². The third-order valence-corrected chi connectivity index (χ3v) is 6.04. The molecule has 11 heteroatoms. The van der Waals surface area contributed by atoms with Crippen molar-refractivity contribution in [3.8, 4) is 12.1 Å². The molecular formula is C22H22Cl2N8O. The molecule has 2 aliphatic rings. The van der Waals surface area contributed by atoms with Crippen LogP contribution in [0.4, 0.5) is 5.82 Å². The molecule has 0 aliphatic carbocycles. The molecule has 1 saturated heterocycles. The first kappa shape index (κ1) is 22.9. The minimum absolute atomic E-state index is 0.0741. The number of rotatable bonds is 5. The van der Waals surface area contributed by atoms with Gasteiger partial charge < -0.3 is 20.1 Å². The number of dihydropyridines is 1. The molecule has 0 radical (unpaired) electrons. The molecule has 9 nitrogen and oxygen atoms in total. The first-order valence-electron chi connectivity index (χ1n) is 10.6. The van der Waals surface area contributed by atoms with Gasteiger partial charge in [-0.15, -0.1) is 0 Å². The minimum atomic E-state index is -0.357. The monoisotopic (exact) mass is 484 g/mol. The van der Waals surface area contributed by atoms with Crippen LogP contribution in [0.5, 0.6) is 0 Å². The number of nitrogens with one attached hydrogen (secondary N) is 2. The summed E-state index contributed by atoms with van der Waals surface area (Å²) in [6.07, 6.45) is 9.12. The Labute approximate surface area is 200 Å². The van der Waals surface area contributed by atoms with Crippen molar-refractivity contribution in [3.63, 3.8) is 0 Å². The Balaban J connectivity index is 1.87. The number of halogens is 2. The number of hydrogen-bond acceptors (Lipinski definition) is 7. The molecule has 2 aliphatic heterocycles. The third kappa shape index (κ3) is 4.62.